The Morgan fingerprint density at radius 1 is 1.16 bits per heavy atom. The molecule has 5 rings (SSSR count). The van der Waals surface area contributed by atoms with E-state index in [0.717, 1.165) is 16.9 Å². The highest BCUT2D eigenvalue weighted by atomic mass is 32.2. The molecule has 0 spiro atoms. The number of benzene rings is 1. The first kappa shape index (κ1) is 21.2. The number of aromatic amines is 1. The summed E-state index contributed by atoms with van der Waals surface area (Å²) in [4.78, 5) is 30.6. The van der Waals surface area contributed by atoms with Gasteiger partial charge in [0.25, 0.3) is 0 Å². The molecule has 2 N–H and O–H groups in total. The second kappa shape index (κ2) is 6.92. The third kappa shape index (κ3) is 2.87. The number of tetrazole rings is 1. The van der Waals surface area contributed by atoms with Gasteiger partial charge < -0.3 is 14.5 Å². The fourth-order valence-electron chi connectivity index (χ4n) is 5.25. The van der Waals surface area contributed by atoms with E-state index >= 15 is 0 Å². The minimum atomic E-state index is -0.682. The number of β-lactam (4-membered cyclic amide) rings is 1. The Morgan fingerprint density at radius 2 is 1.91 bits per heavy atom. The summed E-state index contributed by atoms with van der Waals surface area (Å²) in [7, 11) is 1.63. The number of thioether (sulfide) groups is 1. The van der Waals surface area contributed by atoms with Gasteiger partial charge in [0.15, 0.2) is 5.82 Å². The molecule has 3 aliphatic heterocycles. The smallest absolute Gasteiger partial charge is 0.250 e. The van der Waals surface area contributed by atoms with Crippen molar-refractivity contribution in [3.05, 3.63) is 35.2 Å². The fourth-order valence-corrected chi connectivity index (χ4v) is 6.93. The van der Waals surface area contributed by atoms with Crippen molar-refractivity contribution in [2.45, 2.75) is 68.5 Å². The molecule has 4 heterocycles. The molecular formula is C21H27N7O3S. The number of hydrogen-bond acceptors (Lipinski definition) is 8. The number of nitrogens with zero attached hydrogens (tertiary/aromatic N) is 5. The second-order valence-electron chi connectivity index (χ2n) is 9.56. The summed E-state index contributed by atoms with van der Waals surface area (Å²) in [6, 6.07) is 4.39. The number of carbonyl (C=O) groups is 2. The van der Waals surface area contributed by atoms with Crippen LogP contribution in [0.4, 0.5) is 0 Å². The summed E-state index contributed by atoms with van der Waals surface area (Å²) in [6.07, 6.45) is 0. The van der Waals surface area contributed by atoms with Crippen LogP contribution in [0.1, 0.15) is 56.7 Å². The zero-order valence-corrected chi connectivity index (χ0v) is 19.7. The van der Waals surface area contributed by atoms with E-state index < -0.39 is 17.7 Å². The van der Waals surface area contributed by atoms with Crippen molar-refractivity contribution < 1.29 is 14.3 Å². The van der Waals surface area contributed by atoms with Crippen LogP contribution in [0.5, 0.6) is 5.75 Å². The number of hydrogen-bond donors (Lipinski definition) is 2. The van der Waals surface area contributed by atoms with Crippen molar-refractivity contribution in [2.24, 2.45) is 0 Å². The number of aromatic nitrogens is 4. The highest BCUT2D eigenvalue weighted by Gasteiger charge is 2.67. The van der Waals surface area contributed by atoms with Gasteiger partial charge in [-0.1, -0.05) is 12.1 Å². The Hall–Kier alpha value is -2.66. The van der Waals surface area contributed by atoms with Crippen molar-refractivity contribution in [2.75, 3.05) is 7.11 Å². The third-order valence-electron chi connectivity index (χ3n) is 6.65. The summed E-state index contributed by atoms with van der Waals surface area (Å²) in [6.45, 7) is 9.99. The Balaban J connectivity index is 1.45. The number of rotatable bonds is 4. The molecule has 170 valence electrons. The molecule has 11 heteroatoms. The summed E-state index contributed by atoms with van der Waals surface area (Å²) in [5, 5.41) is 17.5. The van der Waals surface area contributed by atoms with Crippen LogP contribution in [-0.4, -0.2) is 71.2 Å². The molecule has 1 aromatic carbocycles. The number of ether oxygens (including phenoxy) is 1. The predicted molar refractivity (Wildman–Crippen MR) is 118 cm³/mol. The average molecular weight is 458 g/mol. The zero-order valence-electron chi connectivity index (χ0n) is 18.9. The monoisotopic (exact) mass is 457 g/mol. The average Bonchev–Trinajstić information content (AvgIpc) is 3.39. The lowest BCUT2D eigenvalue weighted by Gasteiger charge is -2.50. The minimum Gasteiger partial charge on any atom is -0.496 e. The van der Waals surface area contributed by atoms with E-state index in [1.807, 2.05) is 43.9 Å². The normalized spacial score (nSPS) is 30.4. The lowest BCUT2D eigenvalue weighted by atomic mass is 9.93. The van der Waals surface area contributed by atoms with Crippen LogP contribution in [0, 0.1) is 6.92 Å². The summed E-state index contributed by atoms with van der Waals surface area (Å²) < 4.78 is 5.05. The Bertz CT molecular complexity index is 1090. The van der Waals surface area contributed by atoms with E-state index in [1.54, 1.807) is 23.8 Å². The summed E-state index contributed by atoms with van der Waals surface area (Å²) in [5.74, 6) is 1.16. The van der Waals surface area contributed by atoms with Crippen LogP contribution < -0.4 is 10.1 Å². The summed E-state index contributed by atoms with van der Waals surface area (Å²) >= 11 is 1.68. The van der Waals surface area contributed by atoms with E-state index in [0.29, 0.717) is 5.82 Å². The number of fused-ring (bicyclic) bond motifs is 1. The van der Waals surface area contributed by atoms with Gasteiger partial charge in [-0.3, -0.25) is 14.9 Å². The van der Waals surface area contributed by atoms with E-state index in [9.17, 15) is 9.59 Å². The maximum atomic E-state index is 13.6. The molecule has 3 aliphatic rings. The maximum Gasteiger partial charge on any atom is 0.250 e. The van der Waals surface area contributed by atoms with Gasteiger partial charge in [0, 0.05) is 4.75 Å². The van der Waals surface area contributed by atoms with Gasteiger partial charge in [-0.2, -0.15) is 0 Å². The highest BCUT2D eigenvalue weighted by molar-refractivity contribution is 8.01. The molecule has 3 saturated heterocycles. The van der Waals surface area contributed by atoms with E-state index in [1.165, 1.54) is 0 Å². The van der Waals surface area contributed by atoms with Crippen molar-refractivity contribution in [1.29, 1.82) is 0 Å². The molecule has 2 amide bonds. The Morgan fingerprint density at radius 3 is 2.53 bits per heavy atom. The van der Waals surface area contributed by atoms with Crippen molar-refractivity contribution in [3.8, 4) is 5.75 Å². The molecule has 3 fully saturated rings. The molecule has 1 aromatic heterocycles. The minimum absolute atomic E-state index is 0.0794. The first-order valence-corrected chi connectivity index (χ1v) is 11.4. The highest BCUT2D eigenvalue weighted by Crippen LogP contribution is 2.58. The van der Waals surface area contributed by atoms with Gasteiger partial charge in [0.05, 0.1) is 12.8 Å². The van der Waals surface area contributed by atoms with Gasteiger partial charge >= 0.3 is 0 Å². The molecule has 10 nitrogen and oxygen atoms in total. The molecule has 0 aliphatic carbocycles. The molecule has 32 heavy (non-hydrogen) atoms. The molecular weight excluding hydrogens is 430 g/mol. The van der Waals surface area contributed by atoms with Crippen LogP contribution >= 0.6 is 11.8 Å². The first-order valence-electron chi connectivity index (χ1n) is 10.6. The first-order chi connectivity index (χ1) is 15.1. The molecule has 0 saturated carbocycles. The van der Waals surface area contributed by atoms with Crippen LogP contribution in [0.2, 0.25) is 0 Å². The number of amides is 2. The second-order valence-corrected chi connectivity index (χ2v) is 11.3. The van der Waals surface area contributed by atoms with Gasteiger partial charge in [-0.25, -0.2) is 5.10 Å². The quantitative estimate of drug-likeness (QED) is 0.664. The number of methoxy groups -OCH3 is 1. The largest absolute Gasteiger partial charge is 0.496 e. The van der Waals surface area contributed by atoms with Gasteiger partial charge in [0.1, 0.15) is 29.2 Å². The van der Waals surface area contributed by atoms with Crippen LogP contribution in [-0.2, 0) is 9.59 Å². The lowest BCUT2D eigenvalue weighted by Crippen LogP contribution is -2.71. The molecule has 4 atom stereocenters. The topological polar surface area (TPSA) is 116 Å². The van der Waals surface area contributed by atoms with Gasteiger partial charge in [0.2, 0.25) is 11.8 Å². The number of nitrogens with one attached hydrogen (secondary N) is 2. The Labute approximate surface area is 190 Å². The number of H-pyrrole nitrogens is 1. The predicted octanol–water partition coefficient (Wildman–Crippen LogP) is 1.53. The zero-order chi connectivity index (χ0) is 23.0. The third-order valence-corrected chi connectivity index (χ3v) is 8.21. The SMILES string of the molecule is COc1ccc(C2NC(C)(C)N(C3C(=O)N4C(c5nnn[nH]5)C(C)(C)S[C@H]34)C2=O)cc1C. The van der Waals surface area contributed by atoms with Gasteiger partial charge in [-0.05, 0) is 62.2 Å². The molecule has 2 aromatic rings. The lowest BCUT2D eigenvalue weighted by molar-refractivity contribution is -0.165. The van der Waals surface area contributed by atoms with E-state index in [4.69, 9.17) is 4.74 Å². The van der Waals surface area contributed by atoms with Crippen LogP contribution in [0.15, 0.2) is 18.2 Å². The van der Waals surface area contributed by atoms with Crippen molar-refractivity contribution in [1.82, 2.24) is 35.7 Å². The fraction of sp³-hybridized carbons (Fsp3) is 0.571. The summed E-state index contributed by atoms with van der Waals surface area (Å²) in [5.41, 5.74) is 1.13. The van der Waals surface area contributed by atoms with E-state index in [-0.39, 0.29) is 28.0 Å². The standard InChI is InChI=1S/C21H27N7O3S/c1-10-9-11(7-8-12(10)31-6)13-17(29)28(21(4,5)22-13)14-18(30)27-15(16-23-25-26-24-16)20(2,3)32-19(14)27/h7-9,13-15,19,22H,1-6H3,(H,23,24,25,26)/t13?,14?,15?,19-/m1/s1. The molecule has 3 unspecified atom stereocenters. The van der Waals surface area contributed by atoms with Crippen LogP contribution in [0.25, 0.3) is 0 Å². The van der Waals surface area contributed by atoms with Crippen LogP contribution in [0.3, 0.4) is 0 Å². The maximum absolute atomic E-state index is 13.6. The van der Waals surface area contributed by atoms with E-state index in [2.05, 4.69) is 39.8 Å². The number of aryl methyl sites for hydroxylation is 1. The van der Waals surface area contributed by atoms with Gasteiger partial charge in [-0.15, -0.1) is 16.9 Å². The molecule has 0 bridgehead atoms. The van der Waals surface area contributed by atoms with Crippen molar-refractivity contribution in [3.63, 3.8) is 0 Å². The molecule has 0 radical (unpaired) electrons. The number of carbonyl (C=O) groups excluding carboxylic acids is 2. The van der Waals surface area contributed by atoms with Crippen molar-refractivity contribution >= 4 is 23.6 Å². The Kier molecular flexibility index (Phi) is 4.58.